The highest BCUT2D eigenvalue weighted by atomic mass is 14.7. The van der Waals surface area contributed by atoms with E-state index in [2.05, 4.69) is 30.1 Å². The Morgan fingerprint density at radius 1 is 1.19 bits per heavy atom. The number of nitrogens with zero attached hydrogens (tertiary/aromatic N) is 2. The van der Waals surface area contributed by atoms with Gasteiger partial charge >= 0.3 is 0 Å². The van der Waals surface area contributed by atoms with Crippen molar-refractivity contribution in [2.24, 2.45) is 0 Å². The summed E-state index contributed by atoms with van der Waals surface area (Å²) in [7, 11) is 0. The van der Waals surface area contributed by atoms with Gasteiger partial charge in [-0.1, -0.05) is 29.8 Å². The fraction of sp³-hybridized carbons (Fsp3) is 0.143. The molecule has 0 unspecified atom stereocenters. The second-order valence-electron chi connectivity index (χ2n) is 3.72. The third-order valence-corrected chi connectivity index (χ3v) is 2.38. The van der Waals surface area contributed by atoms with Crippen molar-refractivity contribution in [2.45, 2.75) is 13.3 Å². The topological polar surface area (TPSA) is 36.7 Å². The van der Waals surface area contributed by atoms with E-state index in [0.717, 1.165) is 17.0 Å². The van der Waals surface area contributed by atoms with Gasteiger partial charge in [0.1, 0.15) is 0 Å². The Morgan fingerprint density at radius 2 is 2.00 bits per heavy atom. The monoisotopic (exact) mass is 208 g/mol. The van der Waals surface area contributed by atoms with E-state index in [1.807, 2.05) is 30.3 Å². The summed E-state index contributed by atoms with van der Waals surface area (Å²) in [5.74, 6) is 0. The fourth-order valence-electron chi connectivity index (χ4n) is 1.62. The lowest BCUT2D eigenvalue weighted by molar-refractivity contribution is 1.12. The lowest BCUT2D eigenvalue weighted by Gasteiger charge is -2.03. The second kappa shape index (κ2) is 4.59. The van der Waals surface area contributed by atoms with Crippen molar-refractivity contribution >= 4 is 0 Å². The Hall–Kier alpha value is -2.14. The summed E-state index contributed by atoms with van der Waals surface area (Å²) >= 11 is 0. The number of rotatable bonds is 2. The van der Waals surface area contributed by atoms with E-state index in [1.165, 1.54) is 5.56 Å². The predicted octanol–water partition coefficient (Wildman–Crippen LogP) is 3.12. The first kappa shape index (κ1) is 10.4. The van der Waals surface area contributed by atoms with Crippen LogP contribution in [0.4, 0.5) is 0 Å². The van der Waals surface area contributed by atoms with Crippen molar-refractivity contribution in [1.29, 1.82) is 5.26 Å². The molecule has 78 valence electrons. The minimum Gasteiger partial charge on any atom is -0.252 e. The van der Waals surface area contributed by atoms with Gasteiger partial charge in [0.25, 0.3) is 0 Å². The Bertz CT molecular complexity index is 538. The third kappa shape index (κ3) is 2.26. The highest BCUT2D eigenvalue weighted by molar-refractivity contribution is 5.60. The zero-order valence-corrected chi connectivity index (χ0v) is 9.14. The zero-order valence-electron chi connectivity index (χ0n) is 9.14. The predicted molar refractivity (Wildman–Crippen MR) is 63.7 cm³/mol. The Labute approximate surface area is 95.2 Å². The molecule has 1 heterocycles. The van der Waals surface area contributed by atoms with Crippen LogP contribution in [0.5, 0.6) is 0 Å². The quantitative estimate of drug-likeness (QED) is 0.760. The van der Waals surface area contributed by atoms with Crippen molar-refractivity contribution in [3.8, 4) is 17.3 Å². The molecule has 0 saturated heterocycles. The third-order valence-electron chi connectivity index (χ3n) is 2.38. The standard InChI is InChI=1S/C14H12N2/c1-11-4-2-5-12(10-11)14-7-3-6-13(16-14)8-9-15/h2-7,10H,8H2,1H3. The first-order valence-corrected chi connectivity index (χ1v) is 5.19. The molecule has 0 aliphatic carbocycles. The Balaban J connectivity index is 2.41. The largest absolute Gasteiger partial charge is 0.252 e. The molecule has 2 heteroatoms. The van der Waals surface area contributed by atoms with Crippen LogP contribution in [0, 0.1) is 18.3 Å². The number of hydrogen-bond acceptors (Lipinski definition) is 2. The number of aromatic nitrogens is 1. The summed E-state index contributed by atoms with van der Waals surface area (Å²) in [6.45, 7) is 2.06. The molecule has 0 aliphatic rings. The molecule has 0 fully saturated rings. The minimum absolute atomic E-state index is 0.361. The van der Waals surface area contributed by atoms with Gasteiger partial charge in [-0.15, -0.1) is 0 Å². The van der Waals surface area contributed by atoms with Gasteiger partial charge in [-0.25, -0.2) is 0 Å². The molecule has 0 atom stereocenters. The van der Waals surface area contributed by atoms with E-state index in [1.54, 1.807) is 0 Å². The first-order chi connectivity index (χ1) is 7.79. The molecule has 0 saturated carbocycles. The van der Waals surface area contributed by atoms with Gasteiger partial charge in [0.15, 0.2) is 0 Å². The van der Waals surface area contributed by atoms with Crippen LogP contribution in [-0.4, -0.2) is 4.98 Å². The molecule has 16 heavy (non-hydrogen) atoms. The van der Waals surface area contributed by atoms with Crippen LogP contribution in [0.15, 0.2) is 42.5 Å². The van der Waals surface area contributed by atoms with Crippen LogP contribution in [0.2, 0.25) is 0 Å². The number of aryl methyl sites for hydroxylation is 1. The molecule has 0 bridgehead atoms. The lowest BCUT2D eigenvalue weighted by atomic mass is 10.1. The van der Waals surface area contributed by atoms with Crippen molar-refractivity contribution in [3.05, 3.63) is 53.7 Å². The molecule has 2 nitrogen and oxygen atoms in total. The van der Waals surface area contributed by atoms with E-state index in [0.29, 0.717) is 6.42 Å². The second-order valence-corrected chi connectivity index (χ2v) is 3.72. The molecule has 1 aromatic carbocycles. The van der Waals surface area contributed by atoms with E-state index >= 15 is 0 Å². The van der Waals surface area contributed by atoms with Crippen LogP contribution >= 0.6 is 0 Å². The molecule has 0 radical (unpaired) electrons. The van der Waals surface area contributed by atoms with E-state index in [-0.39, 0.29) is 0 Å². The molecule has 0 amide bonds. The lowest BCUT2D eigenvalue weighted by Crippen LogP contribution is -1.90. The summed E-state index contributed by atoms with van der Waals surface area (Å²) in [6.07, 6.45) is 0.361. The van der Waals surface area contributed by atoms with Crippen molar-refractivity contribution in [2.75, 3.05) is 0 Å². The van der Waals surface area contributed by atoms with Crippen LogP contribution in [0.25, 0.3) is 11.3 Å². The fourth-order valence-corrected chi connectivity index (χ4v) is 1.62. The van der Waals surface area contributed by atoms with Crippen molar-refractivity contribution in [1.82, 2.24) is 4.98 Å². The molecule has 0 spiro atoms. The van der Waals surface area contributed by atoms with Gasteiger partial charge in [0.2, 0.25) is 0 Å². The average Bonchev–Trinajstić information content (AvgIpc) is 2.30. The molecule has 0 aliphatic heterocycles. The van der Waals surface area contributed by atoms with Crippen molar-refractivity contribution < 1.29 is 0 Å². The molecular weight excluding hydrogens is 196 g/mol. The molecule has 2 aromatic rings. The first-order valence-electron chi connectivity index (χ1n) is 5.19. The van der Waals surface area contributed by atoms with Crippen LogP contribution in [-0.2, 0) is 6.42 Å². The molecule has 0 N–H and O–H groups in total. The van der Waals surface area contributed by atoms with Crippen LogP contribution in [0.1, 0.15) is 11.3 Å². The summed E-state index contributed by atoms with van der Waals surface area (Å²) in [6, 6.07) is 16.1. The SMILES string of the molecule is Cc1cccc(-c2cccc(CC#N)n2)c1. The van der Waals surface area contributed by atoms with E-state index in [4.69, 9.17) is 5.26 Å². The molecule has 2 rings (SSSR count). The van der Waals surface area contributed by atoms with Gasteiger partial charge in [0.05, 0.1) is 23.9 Å². The molecular formula is C14H12N2. The highest BCUT2D eigenvalue weighted by Gasteiger charge is 2.00. The average molecular weight is 208 g/mol. The van der Waals surface area contributed by atoms with E-state index in [9.17, 15) is 0 Å². The summed E-state index contributed by atoms with van der Waals surface area (Å²) in [5, 5.41) is 8.64. The summed E-state index contributed by atoms with van der Waals surface area (Å²) in [4.78, 5) is 4.45. The van der Waals surface area contributed by atoms with Crippen LogP contribution in [0.3, 0.4) is 0 Å². The van der Waals surface area contributed by atoms with Crippen molar-refractivity contribution in [3.63, 3.8) is 0 Å². The normalized spacial score (nSPS) is 9.75. The smallest absolute Gasteiger partial charge is 0.0774 e. The molecule has 1 aromatic heterocycles. The van der Waals surface area contributed by atoms with E-state index < -0.39 is 0 Å². The number of nitriles is 1. The number of pyridine rings is 1. The van der Waals surface area contributed by atoms with Crippen LogP contribution < -0.4 is 0 Å². The van der Waals surface area contributed by atoms with Gasteiger partial charge in [-0.2, -0.15) is 5.26 Å². The Kier molecular flexibility index (Phi) is 2.98. The number of benzene rings is 1. The van der Waals surface area contributed by atoms with Gasteiger partial charge < -0.3 is 0 Å². The highest BCUT2D eigenvalue weighted by Crippen LogP contribution is 2.18. The maximum Gasteiger partial charge on any atom is 0.0774 e. The summed E-state index contributed by atoms with van der Waals surface area (Å²) < 4.78 is 0. The maximum absolute atomic E-state index is 8.64. The van der Waals surface area contributed by atoms with Gasteiger partial charge in [-0.3, -0.25) is 4.98 Å². The van der Waals surface area contributed by atoms with Gasteiger partial charge in [0, 0.05) is 5.56 Å². The number of hydrogen-bond donors (Lipinski definition) is 0. The maximum atomic E-state index is 8.64. The zero-order chi connectivity index (χ0) is 11.4. The summed E-state index contributed by atoms with van der Waals surface area (Å²) in [5.41, 5.74) is 4.06. The minimum atomic E-state index is 0.361. The Morgan fingerprint density at radius 3 is 2.75 bits per heavy atom. The van der Waals surface area contributed by atoms with Gasteiger partial charge in [-0.05, 0) is 25.1 Å².